The fraction of sp³-hybridized carbons (Fsp3) is 1.00. The normalized spacial score (nSPS) is 8.12. The van der Waals surface area contributed by atoms with Gasteiger partial charge in [0.2, 0.25) is 0 Å². The number of aliphatic hydroxyl groups excluding tert-OH is 2. The second-order valence-corrected chi connectivity index (χ2v) is 3.81. The van der Waals surface area contributed by atoms with E-state index in [1.54, 1.807) is 6.92 Å². The van der Waals surface area contributed by atoms with Crippen LogP contribution < -0.4 is 0 Å². The molecular formula is C14H36O3. The average Bonchev–Trinajstić information content (AvgIpc) is 2.28. The first-order valence-corrected chi connectivity index (χ1v) is 6.96. The standard InChI is InChI=1S/C8H18.C4H10O.C2H6O.H2O/c1-3-5-7-8-6-4-2;1-2-3-4-5;1-2-3;/h3-8H2,1-2H3;5H,2-4H2,1H3;3H,2H2,1H3;1H2. The maximum atomic E-state index is 8.07. The van der Waals surface area contributed by atoms with Gasteiger partial charge in [-0.15, -0.1) is 0 Å². The second-order valence-electron chi connectivity index (χ2n) is 3.81. The van der Waals surface area contributed by atoms with Crippen LogP contribution in [0.4, 0.5) is 0 Å². The SMILES string of the molecule is CCCCCCCC.CCCCO.CCO.O. The van der Waals surface area contributed by atoms with Crippen LogP contribution in [0.3, 0.4) is 0 Å². The second kappa shape index (κ2) is 36.0. The van der Waals surface area contributed by atoms with E-state index in [-0.39, 0.29) is 12.1 Å². The molecule has 3 heteroatoms. The summed E-state index contributed by atoms with van der Waals surface area (Å²) in [7, 11) is 0. The van der Waals surface area contributed by atoms with E-state index in [0.29, 0.717) is 6.61 Å². The van der Waals surface area contributed by atoms with Gasteiger partial charge in [-0.25, -0.2) is 0 Å². The highest BCUT2D eigenvalue weighted by Gasteiger charge is 1.83. The third-order valence-corrected chi connectivity index (χ3v) is 1.97. The van der Waals surface area contributed by atoms with Crippen molar-refractivity contribution >= 4 is 0 Å². The molecule has 0 saturated carbocycles. The summed E-state index contributed by atoms with van der Waals surface area (Å²) >= 11 is 0. The molecule has 0 bridgehead atoms. The minimum atomic E-state index is 0. The summed E-state index contributed by atoms with van der Waals surface area (Å²) < 4.78 is 0. The van der Waals surface area contributed by atoms with E-state index in [1.165, 1.54) is 38.5 Å². The molecule has 3 nitrogen and oxygen atoms in total. The molecule has 0 aromatic heterocycles. The Morgan fingerprint density at radius 3 is 1.00 bits per heavy atom. The van der Waals surface area contributed by atoms with Crippen molar-refractivity contribution in [3.63, 3.8) is 0 Å². The highest BCUT2D eigenvalue weighted by Crippen LogP contribution is 2.03. The lowest BCUT2D eigenvalue weighted by atomic mass is 10.1. The first-order valence-electron chi connectivity index (χ1n) is 6.96. The van der Waals surface area contributed by atoms with Crippen LogP contribution >= 0.6 is 0 Å². The zero-order valence-corrected chi connectivity index (χ0v) is 12.5. The molecule has 0 aromatic carbocycles. The molecular weight excluding hydrogens is 216 g/mol. The van der Waals surface area contributed by atoms with Crippen LogP contribution in [-0.4, -0.2) is 28.9 Å². The third kappa shape index (κ3) is 64.6. The molecule has 110 valence electrons. The molecule has 4 N–H and O–H groups in total. The highest BCUT2D eigenvalue weighted by atomic mass is 16.3. The van der Waals surface area contributed by atoms with Crippen molar-refractivity contribution in [3.8, 4) is 0 Å². The Labute approximate surface area is 109 Å². The van der Waals surface area contributed by atoms with Crippen LogP contribution in [0.2, 0.25) is 0 Å². The number of hydrogen-bond acceptors (Lipinski definition) is 2. The van der Waals surface area contributed by atoms with Gasteiger partial charge in [0.1, 0.15) is 0 Å². The lowest BCUT2D eigenvalue weighted by Gasteiger charge is -1.93. The van der Waals surface area contributed by atoms with Crippen molar-refractivity contribution in [2.75, 3.05) is 13.2 Å². The lowest BCUT2D eigenvalue weighted by molar-refractivity contribution is 0.287. The third-order valence-electron chi connectivity index (χ3n) is 1.97. The topological polar surface area (TPSA) is 72.0 Å². The van der Waals surface area contributed by atoms with Crippen LogP contribution in [0.5, 0.6) is 0 Å². The zero-order chi connectivity index (χ0) is 13.1. The Hall–Kier alpha value is -0.120. The molecule has 0 amide bonds. The van der Waals surface area contributed by atoms with Crippen LogP contribution in [0, 0.1) is 0 Å². The van der Waals surface area contributed by atoms with E-state index in [4.69, 9.17) is 10.2 Å². The molecule has 0 atom stereocenters. The predicted molar refractivity (Wildman–Crippen MR) is 77.4 cm³/mol. The fourth-order valence-electron chi connectivity index (χ4n) is 1.01. The quantitative estimate of drug-likeness (QED) is 0.682. The Morgan fingerprint density at radius 2 is 0.882 bits per heavy atom. The van der Waals surface area contributed by atoms with E-state index in [1.807, 2.05) is 0 Å². The Morgan fingerprint density at radius 1 is 0.588 bits per heavy atom. The zero-order valence-electron chi connectivity index (χ0n) is 12.5. The number of unbranched alkanes of at least 4 members (excludes halogenated alkanes) is 6. The molecule has 0 unspecified atom stereocenters. The van der Waals surface area contributed by atoms with Crippen molar-refractivity contribution in [1.29, 1.82) is 0 Å². The number of aliphatic hydroxyl groups is 2. The average molecular weight is 252 g/mol. The molecule has 0 spiro atoms. The largest absolute Gasteiger partial charge is 0.412 e. The summed E-state index contributed by atoms with van der Waals surface area (Å²) in [5.41, 5.74) is 0. The van der Waals surface area contributed by atoms with Gasteiger partial charge in [-0.2, -0.15) is 0 Å². The van der Waals surface area contributed by atoms with Crippen molar-refractivity contribution in [2.45, 2.75) is 79.1 Å². The van der Waals surface area contributed by atoms with Crippen LogP contribution in [-0.2, 0) is 0 Å². The molecule has 0 aromatic rings. The molecule has 17 heavy (non-hydrogen) atoms. The molecule has 0 aliphatic rings. The van der Waals surface area contributed by atoms with Crippen molar-refractivity contribution in [3.05, 3.63) is 0 Å². The van der Waals surface area contributed by atoms with Crippen molar-refractivity contribution in [1.82, 2.24) is 0 Å². The predicted octanol–water partition coefficient (Wildman–Crippen LogP) is 3.32. The fourth-order valence-corrected chi connectivity index (χ4v) is 1.01. The molecule has 0 heterocycles. The van der Waals surface area contributed by atoms with Crippen LogP contribution in [0.1, 0.15) is 79.1 Å². The number of rotatable bonds is 7. The van der Waals surface area contributed by atoms with Gasteiger partial charge < -0.3 is 15.7 Å². The summed E-state index contributed by atoms with van der Waals surface area (Å²) in [6, 6.07) is 0. The van der Waals surface area contributed by atoms with E-state index < -0.39 is 0 Å². The van der Waals surface area contributed by atoms with Gasteiger partial charge >= 0.3 is 0 Å². The smallest absolute Gasteiger partial charge is 0.0430 e. The minimum absolute atomic E-state index is 0. The van der Waals surface area contributed by atoms with E-state index >= 15 is 0 Å². The maximum Gasteiger partial charge on any atom is 0.0430 e. The molecule has 0 saturated heterocycles. The molecule has 0 rings (SSSR count). The maximum absolute atomic E-state index is 8.07. The van der Waals surface area contributed by atoms with Crippen LogP contribution in [0.25, 0.3) is 0 Å². The number of hydrogen-bond donors (Lipinski definition) is 2. The van der Waals surface area contributed by atoms with Gasteiger partial charge in [-0.1, -0.05) is 65.7 Å². The lowest BCUT2D eigenvalue weighted by Crippen LogP contribution is -1.75. The van der Waals surface area contributed by atoms with Gasteiger partial charge in [0.05, 0.1) is 0 Å². The monoisotopic (exact) mass is 252 g/mol. The highest BCUT2D eigenvalue weighted by molar-refractivity contribution is 4.39. The van der Waals surface area contributed by atoms with Crippen molar-refractivity contribution < 1.29 is 15.7 Å². The van der Waals surface area contributed by atoms with Gasteiger partial charge in [0.25, 0.3) is 0 Å². The van der Waals surface area contributed by atoms with E-state index in [2.05, 4.69) is 20.8 Å². The Kier molecular flexibility index (Phi) is 54.4. The summed E-state index contributed by atoms with van der Waals surface area (Å²) in [5.74, 6) is 0. The Bertz CT molecular complexity index is 69.9. The molecule has 0 aliphatic carbocycles. The Balaban J connectivity index is -0.0000000815. The van der Waals surface area contributed by atoms with Gasteiger partial charge in [-0.05, 0) is 13.3 Å². The molecule has 0 fully saturated rings. The first-order chi connectivity index (χ1) is 7.74. The summed E-state index contributed by atoms with van der Waals surface area (Å²) in [6.45, 7) is 8.84. The van der Waals surface area contributed by atoms with Gasteiger partial charge in [0, 0.05) is 13.2 Å². The minimum Gasteiger partial charge on any atom is -0.412 e. The molecule has 0 radical (unpaired) electrons. The summed E-state index contributed by atoms with van der Waals surface area (Å²) in [5, 5.41) is 15.6. The molecule has 0 aliphatic heterocycles. The van der Waals surface area contributed by atoms with Crippen molar-refractivity contribution in [2.24, 2.45) is 0 Å². The summed E-state index contributed by atoms with van der Waals surface area (Å²) in [6.07, 6.45) is 10.5. The van der Waals surface area contributed by atoms with E-state index in [9.17, 15) is 0 Å². The van der Waals surface area contributed by atoms with Gasteiger partial charge in [0.15, 0.2) is 0 Å². The first kappa shape index (κ1) is 25.7. The summed E-state index contributed by atoms with van der Waals surface area (Å²) in [4.78, 5) is 0. The van der Waals surface area contributed by atoms with Crippen LogP contribution in [0.15, 0.2) is 0 Å². The van der Waals surface area contributed by atoms with Gasteiger partial charge in [-0.3, -0.25) is 0 Å². The van der Waals surface area contributed by atoms with E-state index in [0.717, 1.165) is 12.8 Å².